The van der Waals surface area contributed by atoms with Gasteiger partial charge < -0.3 is 10.6 Å². The maximum Gasteiger partial charge on any atom is 0.261 e. The molecule has 1 aliphatic rings. The Hall–Kier alpha value is -2.90. The molecule has 0 saturated heterocycles. The van der Waals surface area contributed by atoms with Crippen LogP contribution in [-0.4, -0.2) is 18.9 Å². The van der Waals surface area contributed by atoms with Crippen LogP contribution in [0.25, 0.3) is 0 Å². The molecule has 0 spiro atoms. The van der Waals surface area contributed by atoms with Crippen molar-refractivity contribution in [1.82, 2.24) is 0 Å². The Morgan fingerprint density at radius 2 is 1.34 bits per heavy atom. The smallest absolute Gasteiger partial charge is 0.261 e. The fourth-order valence-electron chi connectivity index (χ4n) is 5.20. The molecule has 3 atom stereocenters. The third kappa shape index (κ3) is 5.85. The Morgan fingerprint density at radius 1 is 0.829 bits per heavy atom. The van der Waals surface area contributed by atoms with Crippen molar-refractivity contribution in [3.05, 3.63) is 84.9 Å². The third-order valence-corrected chi connectivity index (χ3v) is 8.28. The zero-order valence-corrected chi connectivity index (χ0v) is 22.0. The fraction of sp³-hybridized carbons (Fsp3) is 0.321. The van der Waals surface area contributed by atoms with Crippen LogP contribution in [-0.2, 0) is 10.0 Å². The molecule has 1 saturated carbocycles. The Kier molecular flexibility index (Phi) is 7.47. The van der Waals surface area contributed by atoms with E-state index in [0.717, 1.165) is 29.1 Å². The average Bonchev–Trinajstić information content (AvgIpc) is 2.79. The summed E-state index contributed by atoms with van der Waals surface area (Å²) in [6.07, 6.45) is 1.82. The first kappa shape index (κ1) is 25.2. The van der Waals surface area contributed by atoms with Crippen LogP contribution in [0.1, 0.15) is 33.6 Å². The standard InChI is InChI=1S/C28H33N3O2S2/c1-20(2)27-26(34)18-21(3)19-28(27,29-22-10-6-4-7-11-22)30-23-14-16-25(17-15-23)35(32,33)31-24-12-8-5-9-13-24/h4-17,20-21,27,29-31H,18-19H2,1-3H3. The minimum atomic E-state index is -3.68. The van der Waals surface area contributed by atoms with Gasteiger partial charge in [-0.3, -0.25) is 4.72 Å². The molecule has 3 unspecified atom stereocenters. The van der Waals surface area contributed by atoms with E-state index >= 15 is 0 Å². The molecule has 5 nitrogen and oxygen atoms in total. The molecule has 3 N–H and O–H groups in total. The zero-order valence-electron chi connectivity index (χ0n) is 20.4. The summed E-state index contributed by atoms with van der Waals surface area (Å²) in [5, 5.41) is 7.53. The highest BCUT2D eigenvalue weighted by Gasteiger charge is 2.47. The molecule has 0 aliphatic heterocycles. The fourth-order valence-corrected chi connectivity index (χ4v) is 7.01. The normalized spacial score (nSPS) is 22.6. The minimum absolute atomic E-state index is 0.122. The lowest BCUT2D eigenvalue weighted by atomic mass is 9.69. The summed E-state index contributed by atoms with van der Waals surface area (Å²) >= 11 is 5.93. The molecule has 0 amide bonds. The molecular weight excluding hydrogens is 474 g/mol. The number of para-hydroxylation sites is 2. The maximum absolute atomic E-state index is 12.9. The van der Waals surface area contributed by atoms with Crippen molar-refractivity contribution in [2.45, 2.75) is 44.2 Å². The molecular formula is C28H33N3O2S2. The molecule has 1 aliphatic carbocycles. The van der Waals surface area contributed by atoms with Crippen molar-refractivity contribution in [2.24, 2.45) is 17.8 Å². The summed E-state index contributed by atoms with van der Waals surface area (Å²) in [5.41, 5.74) is 1.90. The molecule has 4 rings (SSSR count). The lowest BCUT2D eigenvalue weighted by Crippen LogP contribution is -2.60. The van der Waals surface area contributed by atoms with Gasteiger partial charge in [-0.2, -0.15) is 0 Å². The first-order chi connectivity index (χ1) is 16.7. The van der Waals surface area contributed by atoms with Gasteiger partial charge in [0.1, 0.15) is 5.66 Å². The minimum Gasteiger partial charge on any atom is -0.362 e. The molecule has 0 bridgehead atoms. The largest absolute Gasteiger partial charge is 0.362 e. The van der Waals surface area contributed by atoms with E-state index < -0.39 is 15.7 Å². The Labute approximate surface area is 214 Å². The Bertz CT molecular complexity index is 1250. The van der Waals surface area contributed by atoms with Gasteiger partial charge in [0.25, 0.3) is 10.0 Å². The quantitative estimate of drug-likeness (QED) is 0.232. The van der Waals surface area contributed by atoms with Crippen molar-refractivity contribution < 1.29 is 8.42 Å². The lowest BCUT2D eigenvalue weighted by molar-refractivity contribution is 0.255. The van der Waals surface area contributed by atoms with Crippen LogP contribution >= 0.6 is 12.2 Å². The van der Waals surface area contributed by atoms with Crippen molar-refractivity contribution >= 4 is 44.2 Å². The highest BCUT2D eigenvalue weighted by Crippen LogP contribution is 2.42. The molecule has 1 fully saturated rings. The van der Waals surface area contributed by atoms with E-state index in [4.69, 9.17) is 12.2 Å². The highest BCUT2D eigenvalue weighted by atomic mass is 32.2. The Balaban J connectivity index is 1.65. The van der Waals surface area contributed by atoms with Gasteiger partial charge in [-0.25, -0.2) is 8.42 Å². The number of rotatable bonds is 8. The van der Waals surface area contributed by atoms with Crippen molar-refractivity contribution in [3.63, 3.8) is 0 Å². The third-order valence-electron chi connectivity index (χ3n) is 6.46. The van der Waals surface area contributed by atoms with Gasteiger partial charge in [-0.05, 0) is 73.2 Å². The van der Waals surface area contributed by atoms with Crippen LogP contribution in [0.3, 0.4) is 0 Å². The van der Waals surface area contributed by atoms with Crippen LogP contribution in [0, 0.1) is 17.8 Å². The van der Waals surface area contributed by atoms with E-state index in [1.807, 2.05) is 36.4 Å². The van der Waals surface area contributed by atoms with Gasteiger partial charge in [0.2, 0.25) is 0 Å². The SMILES string of the molecule is CC1CC(=S)C(C(C)C)C(Nc2ccccc2)(Nc2ccc(S(=O)(=O)Nc3ccccc3)cc2)C1. The van der Waals surface area contributed by atoms with Crippen LogP contribution in [0.5, 0.6) is 0 Å². The van der Waals surface area contributed by atoms with Crippen LogP contribution < -0.4 is 15.4 Å². The summed E-state index contributed by atoms with van der Waals surface area (Å²) in [4.78, 5) is 1.28. The molecule has 184 valence electrons. The highest BCUT2D eigenvalue weighted by molar-refractivity contribution is 7.92. The molecule has 0 aromatic heterocycles. The molecule has 7 heteroatoms. The van der Waals surface area contributed by atoms with Crippen LogP contribution in [0.2, 0.25) is 0 Å². The van der Waals surface area contributed by atoms with E-state index in [1.165, 1.54) is 0 Å². The van der Waals surface area contributed by atoms with E-state index in [2.05, 4.69) is 48.3 Å². The predicted molar refractivity (Wildman–Crippen MR) is 149 cm³/mol. The molecule has 0 radical (unpaired) electrons. The molecule has 3 aromatic carbocycles. The number of hydrogen-bond donors (Lipinski definition) is 3. The van der Waals surface area contributed by atoms with Gasteiger partial charge in [0.05, 0.1) is 4.90 Å². The topological polar surface area (TPSA) is 70.2 Å². The summed E-state index contributed by atoms with van der Waals surface area (Å²) < 4.78 is 28.4. The first-order valence-electron chi connectivity index (χ1n) is 12.0. The number of thiocarbonyl (C=S) groups is 1. The van der Waals surface area contributed by atoms with Crippen molar-refractivity contribution in [1.29, 1.82) is 0 Å². The first-order valence-corrected chi connectivity index (χ1v) is 13.9. The number of hydrogen-bond acceptors (Lipinski definition) is 5. The number of benzene rings is 3. The van der Waals surface area contributed by atoms with Crippen molar-refractivity contribution in [3.8, 4) is 0 Å². The van der Waals surface area contributed by atoms with Gasteiger partial charge in [0, 0.05) is 27.8 Å². The number of nitrogens with one attached hydrogen (secondary N) is 3. The summed E-state index contributed by atoms with van der Waals surface area (Å²) in [5.74, 6) is 0.862. The van der Waals surface area contributed by atoms with E-state index in [1.54, 1.807) is 36.4 Å². The van der Waals surface area contributed by atoms with E-state index in [0.29, 0.717) is 17.5 Å². The maximum atomic E-state index is 12.9. The second-order valence-electron chi connectivity index (χ2n) is 9.78. The molecule has 0 heterocycles. The lowest BCUT2D eigenvalue weighted by Gasteiger charge is -2.50. The Morgan fingerprint density at radius 3 is 1.89 bits per heavy atom. The van der Waals surface area contributed by atoms with E-state index in [-0.39, 0.29) is 10.8 Å². The van der Waals surface area contributed by atoms with Gasteiger partial charge in [-0.1, -0.05) is 69.4 Å². The summed E-state index contributed by atoms with van der Waals surface area (Å²) in [6, 6.07) is 26.0. The predicted octanol–water partition coefficient (Wildman–Crippen LogP) is 6.78. The average molecular weight is 508 g/mol. The second kappa shape index (κ2) is 10.4. The summed E-state index contributed by atoms with van der Waals surface area (Å²) in [6.45, 7) is 6.65. The second-order valence-corrected chi connectivity index (χ2v) is 12.0. The number of sulfonamides is 1. The van der Waals surface area contributed by atoms with Crippen molar-refractivity contribution in [2.75, 3.05) is 15.4 Å². The number of anilines is 3. The van der Waals surface area contributed by atoms with Crippen LogP contribution in [0.4, 0.5) is 17.1 Å². The zero-order chi connectivity index (χ0) is 25.1. The molecule has 3 aromatic rings. The van der Waals surface area contributed by atoms with Crippen LogP contribution in [0.15, 0.2) is 89.8 Å². The monoisotopic (exact) mass is 507 g/mol. The van der Waals surface area contributed by atoms with Gasteiger partial charge in [-0.15, -0.1) is 0 Å². The molecule has 35 heavy (non-hydrogen) atoms. The van der Waals surface area contributed by atoms with E-state index in [9.17, 15) is 8.42 Å². The summed E-state index contributed by atoms with van der Waals surface area (Å²) in [7, 11) is -3.68. The van der Waals surface area contributed by atoms with Gasteiger partial charge >= 0.3 is 0 Å². The van der Waals surface area contributed by atoms with Gasteiger partial charge in [0.15, 0.2) is 0 Å².